The Balaban J connectivity index is 1.49. The van der Waals surface area contributed by atoms with Gasteiger partial charge in [-0.15, -0.1) is 0 Å². The molecule has 0 saturated heterocycles. The zero-order chi connectivity index (χ0) is 23.9. The lowest BCUT2D eigenvalue weighted by molar-refractivity contribution is 1.13. The average molecular weight is 447 g/mol. The molecule has 0 aliphatic rings. The van der Waals surface area contributed by atoms with Gasteiger partial charge < -0.3 is 9.80 Å². The molecule has 4 aromatic rings. The Morgan fingerprint density at radius 1 is 0.471 bits per heavy atom. The maximum absolute atomic E-state index is 4.55. The van der Waals surface area contributed by atoms with Crippen LogP contribution in [0.4, 0.5) is 11.4 Å². The first-order valence-electron chi connectivity index (χ1n) is 11.3. The zero-order valence-electron chi connectivity index (χ0n) is 20.2. The van der Waals surface area contributed by atoms with Crippen LogP contribution in [0.15, 0.2) is 85.2 Å². The van der Waals surface area contributed by atoms with Gasteiger partial charge in [0.2, 0.25) is 0 Å². The summed E-state index contributed by atoms with van der Waals surface area (Å²) < 4.78 is 0. The van der Waals surface area contributed by atoms with Crippen LogP contribution >= 0.6 is 0 Å². The van der Waals surface area contributed by atoms with Crippen LogP contribution in [-0.4, -0.2) is 38.2 Å². The first kappa shape index (κ1) is 23.0. The van der Waals surface area contributed by atoms with Gasteiger partial charge in [0.1, 0.15) is 0 Å². The molecular formula is C30H30N4. The predicted molar refractivity (Wildman–Crippen MR) is 147 cm³/mol. The number of hydrogen-bond acceptors (Lipinski definition) is 4. The van der Waals surface area contributed by atoms with E-state index >= 15 is 0 Å². The highest BCUT2D eigenvalue weighted by atomic mass is 15.1. The summed E-state index contributed by atoms with van der Waals surface area (Å²) in [6.45, 7) is 0. The van der Waals surface area contributed by atoms with Gasteiger partial charge in [-0.1, -0.05) is 48.6 Å². The van der Waals surface area contributed by atoms with Gasteiger partial charge in [-0.2, -0.15) is 0 Å². The lowest BCUT2D eigenvalue weighted by atomic mass is 10.1. The molecule has 4 nitrogen and oxygen atoms in total. The molecule has 0 aliphatic carbocycles. The fourth-order valence-electron chi connectivity index (χ4n) is 3.53. The van der Waals surface area contributed by atoms with Crippen LogP contribution in [0.2, 0.25) is 0 Å². The van der Waals surface area contributed by atoms with Gasteiger partial charge in [0, 0.05) is 52.0 Å². The molecule has 34 heavy (non-hydrogen) atoms. The van der Waals surface area contributed by atoms with Crippen molar-refractivity contribution in [3.05, 3.63) is 107 Å². The lowest BCUT2D eigenvalue weighted by Gasteiger charge is -2.11. The molecule has 2 aromatic carbocycles. The fraction of sp³-hybridized carbons (Fsp3) is 0.133. The quantitative estimate of drug-likeness (QED) is 0.319. The molecule has 0 atom stereocenters. The Morgan fingerprint density at radius 2 is 0.824 bits per heavy atom. The van der Waals surface area contributed by atoms with Crippen molar-refractivity contribution in [1.82, 2.24) is 9.97 Å². The van der Waals surface area contributed by atoms with Gasteiger partial charge in [0.05, 0.1) is 11.4 Å². The molecule has 0 aliphatic heterocycles. The van der Waals surface area contributed by atoms with Crippen molar-refractivity contribution in [2.45, 2.75) is 0 Å². The van der Waals surface area contributed by atoms with E-state index in [0.717, 1.165) is 33.6 Å². The standard InChI is InChI=1S/C30H30N4/c1-33(2)27-13-9-23(10-14-27)5-7-25-17-19-31-29(21-25)30-22-26(18-20-32-30)8-6-24-11-15-28(16-12-24)34(3)4/h5-22H,1-4H3/b7-5+,8-6+. The Kier molecular flexibility index (Phi) is 7.19. The molecule has 0 fully saturated rings. The highest BCUT2D eigenvalue weighted by Crippen LogP contribution is 2.20. The second kappa shape index (κ2) is 10.6. The summed E-state index contributed by atoms with van der Waals surface area (Å²) in [5, 5.41) is 0. The van der Waals surface area contributed by atoms with E-state index in [9.17, 15) is 0 Å². The van der Waals surface area contributed by atoms with Crippen LogP contribution in [0.5, 0.6) is 0 Å². The van der Waals surface area contributed by atoms with Crippen molar-refractivity contribution in [3.63, 3.8) is 0 Å². The van der Waals surface area contributed by atoms with Crippen molar-refractivity contribution >= 4 is 35.7 Å². The molecule has 0 unspecified atom stereocenters. The summed E-state index contributed by atoms with van der Waals surface area (Å²) in [4.78, 5) is 13.3. The zero-order valence-corrected chi connectivity index (χ0v) is 20.2. The average Bonchev–Trinajstić information content (AvgIpc) is 2.87. The molecule has 4 rings (SSSR count). The number of aromatic nitrogens is 2. The summed E-state index contributed by atoms with van der Waals surface area (Å²) >= 11 is 0. The molecular weight excluding hydrogens is 416 g/mol. The van der Waals surface area contributed by atoms with Crippen molar-refractivity contribution in [3.8, 4) is 11.4 Å². The number of nitrogens with zero attached hydrogens (tertiary/aromatic N) is 4. The van der Waals surface area contributed by atoms with E-state index in [2.05, 4.69) is 105 Å². The maximum Gasteiger partial charge on any atom is 0.0892 e. The molecule has 2 heterocycles. The molecule has 0 bridgehead atoms. The van der Waals surface area contributed by atoms with Gasteiger partial charge in [-0.3, -0.25) is 9.97 Å². The number of benzene rings is 2. The van der Waals surface area contributed by atoms with Crippen LogP contribution in [0.25, 0.3) is 35.7 Å². The van der Waals surface area contributed by atoms with Gasteiger partial charge in [-0.05, 0) is 70.8 Å². The minimum absolute atomic E-state index is 0.857. The third-order valence-electron chi connectivity index (χ3n) is 5.59. The van der Waals surface area contributed by atoms with Gasteiger partial charge in [0.25, 0.3) is 0 Å². The number of pyridine rings is 2. The number of hydrogen-bond donors (Lipinski definition) is 0. The molecule has 0 spiro atoms. The largest absolute Gasteiger partial charge is 0.378 e. The number of rotatable bonds is 7. The Hall–Kier alpha value is -4.18. The molecule has 2 aromatic heterocycles. The fourth-order valence-corrected chi connectivity index (χ4v) is 3.53. The van der Waals surface area contributed by atoms with Crippen LogP contribution in [0.3, 0.4) is 0 Å². The van der Waals surface area contributed by atoms with E-state index in [0.29, 0.717) is 0 Å². The summed E-state index contributed by atoms with van der Waals surface area (Å²) in [6.07, 6.45) is 12.1. The van der Waals surface area contributed by atoms with E-state index in [1.165, 1.54) is 11.4 Å². The summed E-state index contributed by atoms with van der Waals surface area (Å²) in [6, 6.07) is 25.1. The summed E-state index contributed by atoms with van der Waals surface area (Å²) in [7, 11) is 8.19. The number of anilines is 2. The Labute approximate surface area is 202 Å². The minimum atomic E-state index is 0.857. The monoisotopic (exact) mass is 446 g/mol. The molecule has 0 amide bonds. The lowest BCUT2D eigenvalue weighted by Crippen LogP contribution is -2.07. The molecule has 0 saturated carbocycles. The molecule has 0 radical (unpaired) electrons. The van der Waals surface area contributed by atoms with E-state index in [1.54, 1.807) is 0 Å². The van der Waals surface area contributed by atoms with E-state index in [-0.39, 0.29) is 0 Å². The first-order valence-corrected chi connectivity index (χ1v) is 11.3. The summed E-state index contributed by atoms with van der Waals surface area (Å²) in [5.41, 5.74) is 8.59. The van der Waals surface area contributed by atoms with Crippen molar-refractivity contribution < 1.29 is 0 Å². The van der Waals surface area contributed by atoms with Crippen molar-refractivity contribution in [2.75, 3.05) is 38.0 Å². The molecule has 0 N–H and O–H groups in total. The third kappa shape index (κ3) is 5.99. The van der Waals surface area contributed by atoms with Gasteiger partial charge >= 0.3 is 0 Å². The Bertz CT molecular complexity index is 1180. The molecule has 170 valence electrons. The van der Waals surface area contributed by atoms with Crippen LogP contribution in [0.1, 0.15) is 22.3 Å². The summed E-state index contributed by atoms with van der Waals surface area (Å²) in [5.74, 6) is 0. The van der Waals surface area contributed by atoms with E-state index < -0.39 is 0 Å². The Morgan fingerprint density at radius 3 is 1.18 bits per heavy atom. The van der Waals surface area contributed by atoms with Crippen molar-refractivity contribution in [2.24, 2.45) is 0 Å². The van der Waals surface area contributed by atoms with Crippen LogP contribution < -0.4 is 9.80 Å². The molecule has 4 heteroatoms. The second-order valence-corrected chi connectivity index (χ2v) is 8.59. The van der Waals surface area contributed by atoms with Crippen LogP contribution in [-0.2, 0) is 0 Å². The highest BCUT2D eigenvalue weighted by Gasteiger charge is 2.03. The van der Waals surface area contributed by atoms with E-state index in [1.807, 2.05) is 52.7 Å². The topological polar surface area (TPSA) is 32.3 Å². The van der Waals surface area contributed by atoms with Crippen molar-refractivity contribution in [1.29, 1.82) is 0 Å². The van der Waals surface area contributed by atoms with E-state index in [4.69, 9.17) is 0 Å². The highest BCUT2D eigenvalue weighted by molar-refractivity contribution is 5.74. The SMILES string of the molecule is CN(C)c1ccc(/C=C/c2ccnc(-c3cc(/C=C/c4ccc(N(C)C)cc4)ccn3)c2)cc1. The smallest absolute Gasteiger partial charge is 0.0892 e. The minimum Gasteiger partial charge on any atom is -0.378 e. The first-order chi connectivity index (χ1) is 16.5. The van der Waals surface area contributed by atoms with Crippen LogP contribution in [0, 0.1) is 0 Å². The van der Waals surface area contributed by atoms with Gasteiger partial charge in [0.15, 0.2) is 0 Å². The maximum atomic E-state index is 4.55. The normalized spacial score (nSPS) is 11.3. The third-order valence-corrected chi connectivity index (χ3v) is 5.59. The van der Waals surface area contributed by atoms with Gasteiger partial charge in [-0.25, -0.2) is 0 Å². The second-order valence-electron chi connectivity index (χ2n) is 8.59. The predicted octanol–water partition coefficient (Wildman–Crippen LogP) is 6.62.